The van der Waals surface area contributed by atoms with Crippen LogP contribution in [0.4, 0.5) is 0 Å². The fourth-order valence-electron chi connectivity index (χ4n) is 3.38. The molecule has 2 heterocycles. The number of ether oxygens (including phenoxy) is 1. The zero-order valence-corrected chi connectivity index (χ0v) is 14.9. The molecule has 0 spiro atoms. The van der Waals surface area contributed by atoms with Crippen LogP contribution >= 0.6 is 0 Å². The number of aromatic amines is 1. The van der Waals surface area contributed by atoms with E-state index in [1.54, 1.807) is 6.20 Å². The number of aryl methyl sites for hydroxylation is 1. The van der Waals surface area contributed by atoms with Crippen LogP contribution in [0.1, 0.15) is 49.3 Å². The molecule has 1 fully saturated rings. The summed E-state index contributed by atoms with van der Waals surface area (Å²) in [7, 11) is 0. The number of likely N-dealkylation sites (tertiary alicyclic amines) is 1. The number of amides is 1. The molecule has 1 aliphatic rings. The molecule has 0 saturated carbocycles. The predicted octanol–water partition coefficient (Wildman–Crippen LogP) is 3.67. The van der Waals surface area contributed by atoms with Crippen LogP contribution < -0.4 is 4.74 Å². The summed E-state index contributed by atoms with van der Waals surface area (Å²) in [6, 6.07) is 10.1. The number of piperidine rings is 1. The Bertz CT molecular complexity index is 669. The lowest BCUT2D eigenvalue weighted by Gasteiger charge is -2.32. The van der Waals surface area contributed by atoms with E-state index in [-0.39, 0.29) is 5.91 Å². The first-order valence-electron chi connectivity index (χ1n) is 9.19. The Morgan fingerprint density at radius 3 is 3.08 bits per heavy atom. The van der Waals surface area contributed by atoms with E-state index in [1.807, 2.05) is 29.2 Å². The zero-order chi connectivity index (χ0) is 17.5. The molecule has 0 radical (unpaired) electrons. The number of H-pyrrole nitrogens is 1. The second-order valence-corrected chi connectivity index (χ2v) is 6.81. The Balaban J connectivity index is 1.36. The summed E-state index contributed by atoms with van der Waals surface area (Å²) in [6.45, 7) is 4.40. The maximum Gasteiger partial charge on any atom is 0.222 e. The van der Waals surface area contributed by atoms with E-state index in [2.05, 4.69) is 23.2 Å². The highest BCUT2D eigenvalue weighted by molar-refractivity contribution is 5.76. The van der Waals surface area contributed by atoms with E-state index in [9.17, 15) is 4.79 Å². The van der Waals surface area contributed by atoms with E-state index in [0.29, 0.717) is 18.9 Å². The molecule has 25 heavy (non-hydrogen) atoms. The number of unbranched alkanes of at least 4 members (excludes halogenated alkanes) is 1. The van der Waals surface area contributed by atoms with Crippen LogP contribution in [-0.4, -0.2) is 40.7 Å². The molecule has 1 aromatic carbocycles. The lowest BCUT2D eigenvalue weighted by atomic mass is 9.94. The van der Waals surface area contributed by atoms with Crippen molar-refractivity contribution in [2.45, 2.75) is 44.9 Å². The van der Waals surface area contributed by atoms with Gasteiger partial charge in [0.2, 0.25) is 5.91 Å². The van der Waals surface area contributed by atoms with Gasteiger partial charge < -0.3 is 9.64 Å². The molecule has 1 amide bonds. The quantitative estimate of drug-likeness (QED) is 0.782. The monoisotopic (exact) mass is 341 g/mol. The average Bonchev–Trinajstić information content (AvgIpc) is 3.16. The molecule has 2 aromatic rings. The fraction of sp³-hybridized carbons (Fsp3) is 0.500. The van der Waals surface area contributed by atoms with Gasteiger partial charge in [-0.3, -0.25) is 9.89 Å². The van der Waals surface area contributed by atoms with Gasteiger partial charge in [-0.1, -0.05) is 12.1 Å². The molecule has 1 saturated heterocycles. The average molecular weight is 341 g/mol. The Kier molecular flexibility index (Phi) is 6.09. The van der Waals surface area contributed by atoms with Crippen molar-refractivity contribution in [2.24, 2.45) is 0 Å². The maximum atomic E-state index is 12.5. The normalized spacial score (nSPS) is 17.5. The highest BCUT2D eigenvalue weighted by atomic mass is 16.5. The van der Waals surface area contributed by atoms with Crippen molar-refractivity contribution in [1.82, 2.24) is 15.1 Å². The molecule has 3 rings (SSSR count). The smallest absolute Gasteiger partial charge is 0.222 e. The summed E-state index contributed by atoms with van der Waals surface area (Å²) in [5.74, 6) is 1.56. The van der Waals surface area contributed by atoms with Crippen molar-refractivity contribution in [3.63, 3.8) is 0 Å². The van der Waals surface area contributed by atoms with E-state index in [4.69, 9.17) is 4.74 Å². The van der Waals surface area contributed by atoms with Gasteiger partial charge in [-0.15, -0.1) is 0 Å². The highest BCUT2D eigenvalue weighted by Crippen LogP contribution is 2.25. The van der Waals surface area contributed by atoms with Crippen LogP contribution in [0.3, 0.4) is 0 Å². The van der Waals surface area contributed by atoms with Crippen LogP contribution in [0.5, 0.6) is 5.75 Å². The molecule has 5 nitrogen and oxygen atoms in total. The van der Waals surface area contributed by atoms with Crippen LogP contribution in [0.25, 0.3) is 0 Å². The zero-order valence-electron chi connectivity index (χ0n) is 14.9. The van der Waals surface area contributed by atoms with E-state index < -0.39 is 0 Å². The van der Waals surface area contributed by atoms with Crippen molar-refractivity contribution < 1.29 is 9.53 Å². The largest absolute Gasteiger partial charge is 0.494 e. The van der Waals surface area contributed by atoms with Crippen molar-refractivity contribution in [1.29, 1.82) is 0 Å². The molecule has 0 bridgehead atoms. The molecule has 0 aliphatic carbocycles. The second kappa shape index (κ2) is 8.70. The van der Waals surface area contributed by atoms with Gasteiger partial charge in [0, 0.05) is 37.3 Å². The van der Waals surface area contributed by atoms with Gasteiger partial charge in [0.1, 0.15) is 5.75 Å². The summed E-state index contributed by atoms with van der Waals surface area (Å²) in [5, 5.41) is 7.07. The Morgan fingerprint density at radius 1 is 1.36 bits per heavy atom. The minimum atomic E-state index is 0.264. The molecular formula is C20H27N3O2. The molecular weight excluding hydrogens is 314 g/mol. The van der Waals surface area contributed by atoms with Crippen molar-refractivity contribution in [3.8, 4) is 5.75 Å². The van der Waals surface area contributed by atoms with Gasteiger partial charge in [0.05, 0.1) is 6.61 Å². The maximum absolute atomic E-state index is 12.5. The SMILES string of the molecule is Cc1cccc(OCCCCC(=O)N2CCC[C@@H](c3ccn[nH]3)C2)c1. The van der Waals surface area contributed by atoms with Gasteiger partial charge in [-0.25, -0.2) is 0 Å². The number of aromatic nitrogens is 2. The Hall–Kier alpha value is -2.30. The molecule has 1 atom stereocenters. The lowest BCUT2D eigenvalue weighted by molar-refractivity contribution is -0.132. The van der Waals surface area contributed by atoms with Crippen LogP contribution in [0, 0.1) is 6.92 Å². The number of benzene rings is 1. The number of nitrogens with one attached hydrogen (secondary N) is 1. The van der Waals surface area contributed by atoms with Crippen molar-refractivity contribution >= 4 is 5.91 Å². The predicted molar refractivity (Wildman–Crippen MR) is 97.7 cm³/mol. The molecule has 5 heteroatoms. The first-order valence-corrected chi connectivity index (χ1v) is 9.19. The van der Waals surface area contributed by atoms with Crippen molar-refractivity contribution in [3.05, 3.63) is 47.8 Å². The third-order valence-electron chi connectivity index (χ3n) is 4.78. The van der Waals surface area contributed by atoms with Crippen LogP contribution in [-0.2, 0) is 4.79 Å². The number of rotatable bonds is 7. The van der Waals surface area contributed by atoms with Crippen molar-refractivity contribution in [2.75, 3.05) is 19.7 Å². The summed E-state index contributed by atoms with van der Waals surface area (Å²) in [5.41, 5.74) is 2.34. The fourth-order valence-corrected chi connectivity index (χ4v) is 3.38. The topological polar surface area (TPSA) is 58.2 Å². The third-order valence-corrected chi connectivity index (χ3v) is 4.78. The summed E-state index contributed by atoms with van der Waals surface area (Å²) in [4.78, 5) is 14.5. The molecule has 1 aromatic heterocycles. The lowest BCUT2D eigenvalue weighted by Crippen LogP contribution is -2.39. The molecule has 134 valence electrons. The van der Waals surface area contributed by atoms with Gasteiger partial charge in [-0.05, 0) is 56.4 Å². The van der Waals surface area contributed by atoms with E-state index in [1.165, 1.54) is 5.56 Å². The van der Waals surface area contributed by atoms with Crippen LogP contribution in [0.15, 0.2) is 36.5 Å². The van der Waals surface area contributed by atoms with Gasteiger partial charge in [-0.2, -0.15) is 5.10 Å². The van der Waals surface area contributed by atoms with Gasteiger partial charge in [0.15, 0.2) is 0 Å². The molecule has 0 unspecified atom stereocenters. The standard InChI is InChI=1S/C20H27N3O2/c1-16-6-4-8-18(14-16)25-13-3-2-9-20(24)23-12-5-7-17(15-23)19-10-11-21-22-19/h4,6,8,10-11,14,17H,2-3,5,7,9,12-13,15H2,1H3,(H,21,22)/t17-/m1/s1. The number of nitrogens with zero attached hydrogens (tertiary/aromatic N) is 2. The van der Waals surface area contributed by atoms with Gasteiger partial charge in [0.25, 0.3) is 0 Å². The number of hydrogen-bond donors (Lipinski definition) is 1. The number of hydrogen-bond acceptors (Lipinski definition) is 3. The first kappa shape index (κ1) is 17.5. The minimum Gasteiger partial charge on any atom is -0.494 e. The summed E-state index contributed by atoms with van der Waals surface area (Å²) in [6.07, 6.45) is 6.34. The van der Waals surface area contributed by atoms with E-state index in [0.717, 1.165) is 50.2 Å². The minimum absolute atomic E-state index is 0.264. The first-order chi connectivity index (χ1) is 12.2. The number of carbonyl (C=O) groups excluding carboxylic acids is 1. The molecule has 1 aliphatic heterocycles. The van der Waals surface area contributed by atoms with Gasteiger partial charge >= 0.3 is 0 Å². The Morgan fingerprint density at radius 2 is 2.28 bits per heavy atom. The molecule has 1 N–H and O–H groups in total. The Labute approximate surface area is 149 Å². The summed E-state index contributed by atoms with van der Waals surface area (Å²) < 4.78 is 5.74. The third kappa shape index (κ3) is 5.08. The summed E-state index contributed by atoms with van der Waals surface area (Å²) >= 11 is 0. The van der Waals surface area contributed by atoms with E-state index >= 15 is 0 Å². The number of carbonyl (C=O) groups is 1. The highest BCUT2D eigenvalue weighted by Gasteiger charge is 2.25. The van der Waals surface area contributed by atoms with Crippen LogP contribution in [0.2, 0.25) is 0 Å². The second-order valence-electron chi connectivity index (χ2n) is 6.81.